The molecular weight excluding hydrogens is 344 g/mol. The maximum Gasteiger partial charge on any atom is 0.255 e. The van der Waals surface area contributed by atoms with E-state index in [1.54, 1.807) is 12.4 Å². The van der Waals surface area contributed by atoms with E-state index in [2.05, 4.69) is 29.8 Å². The highest BCUT2D eigenvalue weighted by atomic mass is 16.3. The molecule has 0 bridgehead atoms. The number of oxazole rings is 1. The highest BCUT2D eigenvalue weighted by Gasteiger charge is 2.23. The lowest BCUT2D eigenvalue weighted by atomic mass is 10.1. The van der Waals surface area contributed by atoms with Gasteiger partial charge in [-0.05, 0) is 12.1 Å². The van der Waals surface area contributed by atoms with Gasteiger partial charge in [0.1, 0.15) is 17.7 Å². The van der Waals surface area contributed by atoms with Crippen LogP contribution in [0.3, 0.4) is 0 Å². The van der Waals surface area contributed by atoms with Crippen LogP contribution in [0.15, 0.2) is 52.2 Å². The topological polar surface area (TPSA) is 101 Å². The van der Waals surface area contributed by atoms with E-state index in [4.69, 9.17) is 4.42 Å². The van der Waals surface area contributed by atoms with Gasteiger partial charge in [0.15, 0.2) is 5.58 Å². The summed E-state index contributed by atoms with van der Waals surface area (Å²) in [6, 6.07) is 7.69. The summed E-state index contributed by atoms with van der Waals surface area (Å²) in [4.78, 5) is 34.7. The molecule has 0 atom stereocenters. The Hall–Kier alpha value is -3.39. The van der Waals surface area contributed by atoms with Crippen molar-refractivity contribution in [1.29, 1.82) is 0 Å². The van der Waals surface area contributed by atoms with Gasteiger partial charge in [-0.25, -0.2) is 19.9 Å². The Balaban J connectivity index is 1.40. The first-order valence-corrected chi connectivity index (χ1v) is 8.70. The van der Waals surface area contributed by atoms with Gasteiger partial charge in [-0.15, -0.1) is 0 Å². The fourth-order valence-electron chi connectivity index (χ4n) is 3.35. The summed E-state index contributed by atoms with van der Waals surface area (Å²) in [5, 5.41) is 0. The minimum atomic E-state index is -0.124. The van der Waals surface area contributed by atoms with Crippen molar-refractivity contribution >= 4 is 11.1 Å². The van der Waals surface area contributed by atoms with Crippen molar-refractivity contribution in [1.82, 2.24) is 29.8 Å². The second-order valence-electron chi connectivity index (χ2n) is 6.50. The molecular formula is C19H16N6O2. The Morgan fingerprint density at radius 2 is 2.00 bits per heavy atom. The minimum Gasteiger partial charge on any atom is -0.439 e. The number of fused-ring (bicyclic) bond motifs is 2. The van der Waals surface area contributed by atoms with E-state index in [1.807, 2.05) is 24.3 Å². The van der Waals surface area contributed by atoms with Crippen molar-refractivity contribution in [3.63, 3.8) is 0 Å². The van der Waals surface area contributed by atoms with Crippen LogP contribution in [-0.2, 0) is 19.5 Å². The number of hydrogen-bond acceptors (Lipinski definition) is 7. The van der Waals surface area contributed by atoms with Gasteiger partial charge in [-0.3, -0.25) is 9.69 Å². The fraction of sp³-hybridized carbons (Fsp3) is 0.211. The van der Waals surface area contributed by atoms with E-state index in [1.165, 1.54) is 6.33 Å². The Morgan fingerprint density at radius 3 is 2.85 bits per heavy atom. The molecule has 1 aliphatic rings. The van der Waals surface area contributed by atoms with Crippen LogP contribution >= 0.6 is 0 Å². The monoisotopic (exact) mass is 360 g/mol. The van der Waals surface area contributed by atoms with Crippen LogP contribution in [0.4, 0.5) is 0 Å². The fourth-order valence-corrected chi connectivity index (χ4v) is 3.35. The molecule has 27 heavy (non-hydrogen) atoms. The first-order chi connectivity index (χ1) is 13.3. The molecule has 0 aliphatic carbocycles. The van der Waals surface area contributed by atoms with E-state index in [-0.39, 0.29) is 5.56 Å². The van der Waals surface area contributed by atoms with Crippen LogP contribution in [0.1, 0.15) is 17.1 Å². The minimum absolute atomic E-state index is 0.124. The molecule has 5 rings (SSSR count). The third-order valence-corrected chi connectivity index (χ3v) is 4.68. The van der Waals surface area contributed by atoms with Gasteiger partial charge < -0.3 is 9.40 Å². The molecule has 4 heterocycles. The molecule has 0 radical (unpaired) electrons. The molecule has 0 amide bonds. The van der Waals surface area contributed by atoms with E-state index in [0.717, 1.165) is 23.3 Å². The van der Waals surface area contributed by atoms with Crippen LogP contribution < -0.4 is 5.56 Å². The molecule has 8 nitrogen and oxygen atoms in total. The summed E-state index contributed by atoms with van der Waals surface area (Å²) >= 11 is 0. The molecule has 4 aromatic rings. The van der Waals surface area contributed by atoms with E-state index >= 15 is 0 Å². The Labute approximate surface area is 153 Å². The second kappa shape index (κ2) is 6.40. The number of nitrogens with one attached hydrogen (secondary N) is 1. The van der Waals surface area contributed by atoms with Crippen molar-refractivity contribution in [2.75, 3.05) is 6.54 Å². The van der Waals surface area contributed by atoms with Gasteiger partial charge >= 0.3 is 0 Å². The van der Waals surface area contributed by atoms with Gasteiger partial charge in [0.05, 0.1) is 23.4 Å². The second-order valence-corrected chi connectivity index (χ2v) is 6.50. The van der Waals surface area contributed by atoms with E-state index in [0.29, 0.717) is 42.4 Å². The molecule has 1 aromatic carbocycles. The zero-order valence-corrected chi connectivity index (χ0v) is 14.4. The number of H-pyrrole nitrogens is 1. The average Bonchev–Trinajstić information content (AvgIpc) is 3.11. The first-order valence-electron chi connectivity index (χ1n) is 8.70. The normalized spacial score (nSPS) is 14.4. The van der Waals surface area contributed by atoms with Gasteiger partial charge in [0.2, 0.25) is 5.89 Å². The summed E-state index contributed by atoms with van der Waals surface area (Å²) in [5.74, 6) is 1.16. The zero-order valence-electron chi connectivity index (χ0n) is 14.4. The van der Waals surface area contributed by atoms with Crippen LogP contribution in [0, 0.1) is 0 Å². The zero-order chi connectivity index (χ0) is 18.2. The molecule has 1 aliphatic heterocycles. The van der Waals surface area contributed by atoms with Gasteiger partial charge in [-0.2, -0.15) is 0 Å². The molecule has 1 N–H and O–H groups in total. The number of benzene rings is 1. The maximum absolute atomic E-state index is 12.6. The van der Waals surface area contributed by atoms with E-state index < -0.39 is 0 Å². The Morgan fingerprint density at radius 1 is 1.15 bits per heavy atom. The molecule has 8 heteroatoms. The SMILES string of the molecule is O=c1[nH]c(-c2cncnc2)nc2c1CN(Cc1nc3ccccc3o1)CC2. The molecule has 0 fully saturated rings. The summed E-state index contributed by atoms with van der Waals surface area (Å²) in [6.07, 6.45) is 5.42. The lowest BCUT2D eigenvalue weighted by Gasteiger charge is -2.26. The molecule has 3 aromatic heterocycles. The van der Waals surface area contributed by atoms with Gasteiger partial charge in [0, 0.05) is 31.9 Å². The largest absolute Gasteiger partial charge is 0.439 e. The number of nitrogens with zero attached hydrogens (tertiary/aromatic N) is 5. The van der Waals surface area contributed by atoms with E-state index in [9.17, 15) is 4.79 Å². The third kappa shape index (κ3) is 3.00. The predicted molar refractivity (Wildman–Crippen MR) is 97.7 cm³/mol. The highest BCUT2D eigenvalue weighted by molar-refractivity contribution is 5.72. The maximum atomic E-state index is 12.6. The summed E-state index contributed by atoms with van der Waals surface area (Å²) < 4.78 is 5.80. The third-order valence-electron chi connectivity index (χ3n) is 4.68. The standard InChI is InChI=1S/C19H16N6O2/c26-19-13-9-25(10-17-22-15-3-1-2-4-16(15)27-17)6-5-14(13)23-18(24-19)12-7-20-11-21-8-12/h1-4,7-8,11H,5-6,9-10H2,(H,23,24,26). The predicted octanol–water partition coefficient (Wildman–Crippen LogP) is 1.93. The lowest BCUT2D eigenvalue weighted by Crippen LogP contribution is -2.35. The van der Waals surface area contributed by atoms with Crippen LogP contribution in [0.5, 0.6) is 0 Å². The Kier molecular flexibility index (Phi) is 3.75. The van der Waals surface area contributed by atoms with Gasteiger partial charge in [-0.1, -0.05) is 12.1 Å². The number of aromatic amines is 1. The Bertz CT molecular complexity index is 1130. The first kappa shape index (κ1) is 15.8. The summed E-state index contributed by atoms with van der Waals surface area (Å²) in [5.41, 5.74) is 3.72. The van der Waals surface area contributed by atoms with Crippen LogP contribution in [0.25, 0.3) is 22.5 Å². The molecule has 0 spiro atoms. The molecule has 134 valence electrons. The molecule has 0 unspecified atom stereocenters. The number of para-hydroxylation sites is 2. The van der Waals surface area contributed by atoms with Crippen molar-refractivity contribution in [3.05, 3.63) is 70.5 Å². The smallest absolute Gasteiger partial charge is 0.255 e. The van der Waals surface area contributed by atoms with Crippen molar-refractivity contribution in [3.8, 4) is 11.4 Å². The lowest BCUT2D eigenvalue weighted by molar-refractivity contribution is 0.220. The summed E-state index contributed by atoms with van der Waals surface area (Å²) in [6.45, 7) is 1.86. The number of hydrogen-bond donors (Lipinski definition) is 1. The van der Waals surface area contributed by atoms with Crippen LogP contribution in [0.2, 0.25) is 0 Å². The van der Waals surface area contributed by atoms with Crippen molar-refractivity contribution in [2.45, 2.75) is 19.5 Å². The van der Waals surface area contributed by atoms with Crippen molar-refractivity contribution in [2.24, 2.45) is 0 Å². The highest BCUT2D eigenvalue weighted by Crippen LogP contribution is 2.21. The summed E-state index contributed by atoms with van der Waals surface area (Å²) in [7, 11) is 0. The van der Waals surface area contributed by atoms with Gasteiger partial charge in [0.25, 0.3) is 5.56 Å². The average molecular weight is 360 g/mol. The van der Waals surface area contributed by atoms with Crippen LogP contribution in [-0.4, -0.2) is 36.4 Å². The van der Waals surface area contributed by atoms with Crippen molar-refractivity contribution < 1.29 is 4.42 Å². The number of aromatic nitrogens is 5. The number of rotatable bonds is 3. The molecule has 0 saturated carbocycles. The quantitative estimate of drug-likeness (QED) is 0.596. The molecule has 0 saturated heterocycles.